The van der Waals surface area contributed by atoms with Gasteiger partial charge in [-0.05, 0) is 39.0 Å². The minimum Gasteiger partial charge on any atom is -0.293 e. The summed E-state index contributed by atoms with van der Waals surface area (Å²) in [5.74, 6) is -1.31. The van der Waals surface area contributed by atoms with E-state index in [-0.39, 0.29) is 5.95 Å². The predicted octanol–water partition coefficient (Wildman–Crippen LogP) is 1.72. The number of rotatable bonds is 3. The van der Waals surface area contributed by atoms with Gasteiger partial charge in [0.05, 0.1) is 11.1 Å². The molecule has 0 saturated carbocycles. The lowest BCUT2D eigenvalue weighted by Gasteiger charge is -2.21. The van der Waals surface area contributed by atoms with Crippen molar-refractivity contribution in [3.63, 3.8) is 0 Å². The quantitative estimate of drug-likeness (QED) is 0.868. The zero-order chi connectivity index (χ0) is 17.4. The van der Waals surface area contributed by atoms with E-state index in [2.05, 4.69) is 15.3 Å². The third-order valence-corrected chi connectivity index (χ3v) is 3.81. The summed E-state index contributed by atoms with van der Waals surface area (Å²) in [6.07, 6.45) is 0. The van der Waals surface area contributed by atoms with E-state index in [9.17, 15) is 14.4 Å². The first kappa shape index (κ1) is 15.8. The summed E-state index contributed by atoms with van der Waals surface area (Å²) in [7, 11) is 0. The fraction of sp³-hybridized carbons (Fsp3) is 0.235. The largest absolute Gasteiger partial charge is 0.293 e. The van der Waals surface area contributed by atoms with E-state index < -0.39 is 23.8 Å². The van der Waals surface area contributed by atoms with Gasteiger partial charge in [-0.15, -0.1) is 0 Å². The molecule has 2 heterocycles. The van der Waals surface area contributed by atoms with Crippen LogP contribution in [0.5, 0.6) is 0 Å². The lowest BCUT2D eigenvalue weighted by molar-refractivity contribution is -0.119. The van der Waals surface area contributed by atoms with Crippen LogP contribution in [0.15, 0.2) is 30.3 Å². The number of amides is 3. The van der Waals surface area contributed by atoms with Gasteiger partial charge in [-0.3, -0.25) is 24.6 Å². The summed E-state index contributed by atoms with van der Waals surface area (Å²) >= 11 is 0. The van der Waals surface area contributed by atoms with E-state index in [1.54, 1.807) is 44.2 Å². The van der Waals surface area contributed by atoms with Gasteiger partial charge in [-0.2, -0.15) is 0 Å². The predicted molar refractivity (Wildman–Crippen MR) is 86.5 cm³/mol. The molecule has 3 rings (SSSR count). The van der Waals surface area contributed by atoms with E-state index >= 15 is 0 Å². The van der Waals surface area contributed by atoms with Crippen LogP contribution >= 0.6 is 0 Å². The maximum Gasteiger partial charge on any atom is 0.262 e. The molecular weight excluding hydrogens is 308 g/mol. The number of carbonyl (C=O) groups excluding carboxylic acids is 3. The van der Waals surface area contributed by atoms with Gasteiger partial charge in [0.25, 0.3) is 11.8 Å². The molecule has 1 aromatic heterocycles. The van der Waals surface area contributed by atoms with Crippen LogP contribution in [0.4, 0.5) is 5.95 Å². The Morgan fingerprint density at radius 1 is 1.04 bits per heavy atom. The van der Waals surface area contributed by atoms with Crippen LogP contribution in [0, 0.1) is 13.8 Å². The summed E-state index contributed by atoms with van der Waals surface area (Å²) in [5.41, 5.74) is 2.05. The molecule has 2 aromatic rings. The smallest absolute Gasteiger partial charge is 0.262 e. The summed E-state index contributed by atoms with van der Waals surface area (Å²) in [6.45, 7) is 5.08. The molecule has 3 amide bonds. The summed E-state index contributed by atoms with van der Waals surface area (Å²) in [6, 6.07) is 7.33. The van der Waals surface area contributed by atoms with Gasteiger partial charge in [0.15, 0.2) is 0 Å². The SMILES string of the molecule is Cc1cc(C)nc(NC(=O)[C@H](C)N2C(=O)c3ccccc3C2=O)n1. The number of nitrogens with one attached hydrogen (secondary N) is 1. The molecule has 0 unspecified atom stereocenters. The van der Waals surface area contributed by atoms with Crippen molar-refractivity contribution in [3.8, 4) is 0 Å². The maximum atomic E-state index is 12.4. The Hall–Kier alpha value is -3.09. The Bertz CT molecular complexity index is 807. The minimum absolute atomic E-state index is 0.154. The number of fused-ring (bicyclic) bond motifs is 1. The normalized spacial score (nSPS) is 14.5. The highest BCUT2D eigenvalue weighted by atomic mass is 16.2. The zero-order valence-electron chi connectivity index (χ0n) is 13.5. The number of benzene rings is 1. The van der Waals surface area contributed by atoms with E-state index in [0.717, 1.165) is 4.90 Å². The molecule has 1 aliphatic rings. The van der Waals surface area contributed by atoms with Gasteiger partial charge in [0, 0.05) is 11.4 Å². The minimum atomic E-state index is -0.971. The lowest BCUT2D eigenvalue weighted by atomic mass is 10.1. The van der Waals surface area contributed by atoms with Gasteiger partial charge >= 0.3 is 0 Å². The Labute approximate surface area is 138 Å². The molecule has 0 radical (unpaired) electrons. The maximum absolute atomic E-state index is 12.4. The second-order valence-electron chi connectivity index (χ2n) is 5.67. The van der Waals surface area contributed by atoms with Crippen LogP contribution in [0.1, 0.15) is 39.0 Å². The number of imide groups is 1. The molecule has 0 aliphatic carbocycles. The van der Waals surface area contributed by atoms with E-state index in [1.807, 2.05) is 0 Å². The highest BCUT2D eigenvalue weighted by molar-refractivity contribution is 6.23. The van der Waals surface area contributed by atoms with Gasteiger partial charge in [0.2, 0.25) is 11.9 Å². The molecule has 0 saturated heterocycles. The molecule has 1 atom stereocenters. The standard InChI is InChI=1S/C17H16N4O3/c1-9-8-10(2)19-17(18-9)20-14(22)11(3)21-15(23)12-6-4-5-7-13(12)16(21)24/h4-8,11H,1-3H3,(H,18,19,20,22)/t11-/m0/s1. The third-order valence-electron chi connectivity index (χ3n) is 3.81. The Morgan fingerprint density at radius 2 is 1.54 bits per heavy atom. The first-order valence-electron chi connectivity index (χ1n) is 7.48. The average Bonchev–Trinajstić information content (AvgIpc) is 2.77. The third kappa shape index (κ3) is 2.64. The van der Waals surface area contributed by atoms with Crippen molar-refractivity contribution in [2.75, 3.05) is 5.32 Å². The van der Waals surface area contributed by atoms with Crippen molar-refractivity contribution < 1.29 is 14.4 Å². The van der Waals surface area contributed by atoms with Gasteiger partial charge in [0.1, 0.15) is 6.04 Å². The van der Waals surface area contributed by atoms with E-state index in [0.29, 0.717) is 22.5 Å². The molecule has 1 aromatic carbocycles. The van der Waals surface area contributed by atoms with Crippen LogP contribution in [-0.4, -0.2) is 38.6 Å². The zero-order valence-corrected chi connectivity index (χ0v) is 13.5. The molecule has 1 N–H and O–H groups in total. The number of nitrogens with zero attached hydrogens (tertiary/aromatic N) is 3. The first-order chi connectivity index (χ1) is 11.4. The van der Waals surface area contributed by atoms with Crippen LogP contribution in [0.2, 0.25) is 0 Å². The van der Waals surface area contributed by atoms with Gasteiger partial charge < -0.3 is 0 Å². The van der Waals surface area contributed by atoms with Crippen molar-refractivity contribution in [1.29, 1.82) is 0 Å². The second kappa shape index (κ2) is 5.84. The number of aromatic nitrogens is 2. The summed E-state index contributed by atoms with van der Waals surface area (Å²) < 4.78 is 0. The number of aryl methyl sites for hydroxylation is 2. The Kier molecular flexibility index (Phi) is 3.84. The number of hydrogen-bond acceptors (Lipinski definition) is 5. The van der Waals surface area contributed by atoms with Crippen LogP contribution in [-0.2, 0) is 4.79 Å². The topological polar surface area (TPSA) is 92.3 Å². The fourth-order valence-electron chi connectivity index (χ4n) is 2.67. The fourth-order valence-corrected chi connectivity index (χ4v) is 2.67. The monoisotopic (exact) mass is 324 g/mol. The van der Waals surface area contributed by atoms with E-state index in [4.69, 9.17) is 0 Å². The van der Waals surface area contributed by atoms with Crippen molar-refractivity contribution in [1.82, 2.24) is 14.9 Å². The van der Waals surface area contributed by atoms with Crippen molar-refractivity contribution in [3.05, 3.63) is 52.8 Å². The van der Waals surface area contributed by atoms with Crippen LogP contribution in [0.3, 0.4) is 0 Å². The average molecular weight is 324 g/mol. The molecule has 0 spiro atoms. The second-order valence-corrected chi connectivity index (χ2v) is 5.67. The molecule has 7 nitrogen and oxygen atoms in total. The van der Waals surface area contributed by atoms with Crippen LogP contribution < -0.4 is 5.32 Å². The van der Waals surface area contributed by atoms with Crippen LogP contribution in [0.25, 0.3) is 0 Å². The lowest BCUT2D eigenvalue weighted by Crippen LogP contribution is -2.45. The van der Waals surface area contributed by atoms with Gasteiger partial charge in [-0.1, -0.05) is 12.1 Å². The molecule has 24 heavy (non-hydrogen) atoms. The summed E-state index contributed by atoms with van der Waals surface area (Å²) in [5, 5.41) is 2.56. The highest BCUT2D eigenvalue weighted by Gasteiger charge is 2.40. The molecule has 7 heteroatoms. The number of carbonyl (C=O) groups is 3. The molecular formula is C17H16N4O3. The molecule has 0 bridgehead atoms. The Balaban J connectivity index is 1.82. The van der Waals surface area contributed by atoms with E-state index in [1.165, 1.54) is 6.92 Å². The van der Waals surface area contributed by atoms with Crippen molar-refractivity contribution >= 4 is 23.7 Å². The Morgan fingerprint density at radius 3 is 2.04 bits per heavy atom. The summed E-state index contributed by atoms with van der Waals surface area (Å²) in [4.78, 5) is 46.5. The van der Waals surface area contributed by atoms with Crippen molar-refractivity contribution in [2.24, 2.45) is 0 Å². The molecule has 122 valence electrons. The molecule has 1 aliphatic heterocycles. The number of hydrogen-bond donors (Lipinski definition) is 1. The number of anilines is 1. The molecule has 0 fully saturated rings. The first-order valence-corrected chi connectivity index (χ1v) is 7.48. The van der Waals surface area contributed by atoms with Crippen molar-refractivity contribution in [2.45, 2.75) is 26.8 Å². The van der Waals surface area contributed by atoms with Gasteiger partial charge in [-0.25, -0.2) is 9.97 Å². The highest BCUT2D eigenvalue weighted by Crippen LogP contribution is 2.24.